The maximum absolute atomic E-state index is 12.5. The van der Waals surface area contributed by atoms with E-state index in [1.165, 1.54) is 0 Å². The van der Waals surface area contributed by atoms with Crippen LogP contribution < -0.4 is 9.80 Å². The Morgan fingerprint density at radius 3 is 0.812 bits per heavy atom. The van der Waals surface area contributed by atoms with Gasteiger partial charge in [0.25, 0.3) is 0 Å². The molecule has 0 unspecified atom stereocenters. The Hall–Kier alpha value is -11.7. The van der Waals surface area contributed by atoms with E-state index in [0.29, 0.717) is 5.56 Å². The fourth-order valence-corrected chi connectivity index (χ4v) is 13.3. The van der Waals surface area contributed by atoms with Crippen molar-refractivity contribution in [3.63, 3.8) is 0 Å². The number of hydrogen-bond acceptors (Lipinski definition) is 3. The molecule has 0 bridgehead atoms. The molecule has 3 heterocycles. The van der Waals surface area contributed by atoms with Gasteiger partial charge in [-0.1, -0.05) is 206 Å². The number of aromatic nitrogens is 3. The predicted octanol–water partition coefficient (Wildman–Crippen LogP) is 21.1. The molecule has 0 atom stereocenters. The van der Waals surface area contributed by atoms with Crippen molar-refractivity contribution in [1.82, 2.24) is 13.7 Å². The minimum absolute atomic E-state index is 0.565. The second-order valence-electron chi connectivity index (χ2n) is 21.5. The highest BCUT2D eigenvalue weighted by Gasteiger charge is 2.34. The van der Waals surface area contributed by atoms with E-state index in [9.17, 15) is 5.26 Å². The van der Waals surface area contributed by atoms with Crippen molar-refractivity contribution in [2.24, 2.45) is 0 Å². The number of anilines is 6. The van der Waals surface area contributed by atoms with Gasteiger partial charge in [0, 0.05) is 77.6 Å². The summed E-state index contributed by atoms with van der Waals surface area (Å²) in [4.78, 5) is 4.66. The van der Waals surface area contributed by atoms with Gasteiger partial charge >= 0.3 is 0 Å². The quantitative estimate of drug-likeness (QED) is 0.130. The molecule has 0 N–H and O–H groups in total. The molecule has 0 amide bonds. The third kappa shape index (κ3) is 7.94. The van der Waals surface area contributed by atoms with Crippen LogP contribution in [-0.2, 0) is 0 Å². The minimum Gasteiger partial charge on any atom is -0.310 e. The SMILES string of the molecule is N#Cc1c(-c2ccccc2)c(-n2c3ccccc3c3cc(N(c4ccccc4)c4ccccc4)ccc32)c(-n2c3ccccc3c3ccccc32)c(-n2c3ccccc3c3cc(N(c4ccccc4)c4ccccc4)ccc32)c1-c1ccccc1. The molecule has 0 spiro atoms. The van der Waals surface area contributed by atoms with Crippen LogP contribution in [-0.4, -0.2) is 13.7 Å². The molecule has 0 aliphatic carbocycles. The van der Waals surface area contributed by atoms with Crippen molar-refractivity contribution in [2.45, 2.75) is 0 Å². The minimum atomic E-state index is 0.565. The van der Waals surface area contributed by atoms with Gasteiger partial charge in [-0.3, -0.25) is 0 Å². The van der Waals surface area contributed by atoms with E-state index in [-0.39, 0.29) is 0 Å². The van der Waals surface area contributed by atoms with Crippen LogP contribution in [0.25, 0.3) is 105 Å². The van der Waals surface area contributed by atoms with Crippen LogP contribution in [0.3, 0.4) is 0 Å². The molecule has 398 valence electrons. The Kier molecular flexibility index (Phi) is 11.8. The monoisotopic (exact) mass is 1080 g/mol. The van der Waals surface area contributed by atoms with Gasteiger partial charge in [-0.15, -0.1) is 0 Å². The summed E-state index contributed by atoms with van der Waals surface area (Å²) in [7, 11) is 0. The van der Waals surface area contributed by atoms with Crippen molar-refractivity contribution in [3.05, 3.63) is 321 Å². The topological polar surface area (TPSA) is 45.1 Å². The maximum Gasteiger partial charge on any atom is 0.101 e. The molecule has 0 radical (unpaired) electrons. The molecule has 85 heavy (non-hydrogen) atoms. The zero-order chi connectivity index (χ0) is 56.4. The molecule has 16 rings (SSSR count). The van der Waals surface area contributed by atoms with E-state index in [4.69, 9.17) is 0 Å². The number of para-hydroxylation sites is 8. The number of benzene rings is 13. The zero-order valence-corrected chi connectivity index (χ0v) is 46.2. The van der Waals surface area contributed by atoms with E-state index >= 15 is 0 Å². The Morgan fingerprint density at radius 2 is 0.494 bits per heavy atom. The number of nitrogens with zero attached hydrogens (tertiary/aromatic N) is 6. The first-order valence-electron chi connectivity index (χ1n) is 28.8. The molecular weight excluding hydrogens is 1030 g/mol. The average molecular weight is 1090 g/mol. The fourth-order valence-electron chi connectivity index (χ4n) is 13.3. The van der Waals surface area contributed by atoms with E-state index in [0.717, 1.165) is 139 Å². The van der Waals surface area contributed by atoms with Gasteiger partial charge in [0.05, 0.1) is 55.7 Å². The van der Waals surface area contributed by atoms with Crippen LogP contribution in [0.15, 0.2) is 315 Å². The molecule has 6 nitrogen and oxygen atoms in total. The van der Waals surface area contributed by atoms with Crippen LogP contribution in [0.4, 0.5) is 34.1 Å². The summed E-state index contributed by atoms with van der Waals surface area (Å²) in [6.45, 7) is 0. The largest absolute Gasteiger partial charge is 0.310 e. The molecule has 0 aliphatic rings. The Balaban J connectivity index is 1.12. The maximum atomic E-state index is 12.5. The summed E-state index contributed by atoms with van der Waals surface area (Å²) >= 11 is 0. The lowest BCUT2D eigenvalue weighted by Gasteiger charge is -2.29. The van der Waals surface area contributed by atoms with Gasteiger partial charge in [-0.05, 0) is 120 Å². The van der Waals surface area contributed by atoms with Crippen LogP contribution in [0.1, 0.15) is 5.56 Å². The van der Waals surface area contributed by atoms with Gasteiger partial charge in [0.1, 0.15) is 6.07 Å². The molecule has 0 saturated heterocycles. The summed E-state index contributed by atoms with van der Waals surface area (Å²) in [6, 6.07) is 115. The fraction of sp³-hybridized carbons (Fsp3) is 0. The first-order chi connectivity index (χ1) is 42.2. The molecular formula is C79H52N6. The highest BCUT2D eigenvalue weighted by molar-refractivity contribution is 6.17. The highest BCUT2D eigenvalue weighted by Crippen LogP contribution is 2.53. The van der Waals surface area contributed by atoms with Crippen molar-refractivity contribution in [3.8, 4) is 45.4 Å². The first kappa shape index (κ1) is 49.2. The summed E-state index contributed by atoms with van der Waals surface area (Å²) in [6.07, 6.45) is 0. The molecule has 0 aliphatic heterocycles. The number of nitriles is 1. The van der Waals surface area contributed by atoms with Gasteiger partial charge in [0.15, 0.2) is 0 Å². The van der Waals surface area contributed by atoms with E-state index < -0.39 is 0 Å². The molecule has 3 aromatic heterocycles. The van der Waals surface area contributed by atoms with Crippen molar-refractivity contribution >= 4 is 99.5 Å². The first-order valence-corrected chi connectivity index (χ1v) is 28.8. The van der Waals surface area contributed by atoms with Crippen LogP contribution in [0.2, 0.25) is 0 Å². The normalized spacial score (nSPS) is 11.5. The number of hydrogen-bond donors (Lipinski definition) is 0. The molecule has 13 aromatic carbocycles. The smallest absolute Gasteiger partial charge is 0.101 e. The summed E-state index contributed by atoms with van der Waals surface area (Å²) in [5, 5.41) is 19.1. The molecule has 16 aromatic rings. The summed E-state index contributed by atoms with van der Waals surface area (Å²) in [5.41, 5.74) is 19.2. The Labute approximate surface area is 492 Å². The van der Waals surface area contributed by atoms with Gasteiger partial charge in [-0.2, -0.15) is 5.26 Å². The lowest BCUT2D eigenvalue weighted by molar-refractivity contribution is 1.05. The second-order valence-corrected chi connectivity index (χ2v) is 21.5. The highest BCUT2D eigenvalue weighted by atomic mass is 15.2. The average Bonchev–Trinajstić information content (AvgIpc) is 1.79. The predicted molar refractivity (Wildman–Crippen MR) is 354 cm³/mol. The number of fused-ring (bicyclic) bond motifs is 9. The third-order valence-electron chi connectivity index (χ3n) is 16.8. The van der Waals surface area contributed by atoms with Crippen molar-refractivity contribution < 1.29 is 0 Å². The van der Waals surface area contributed by atoms with Crippen LogP contribution >= 0.6 is 0 Å². The van der Waals surface area contributed by atoms with Crippen molar-refractivity contribution in [1.29, 1.82) is 5.26 Å². The molecule has 0 fully saturated rings. The lowest BCUT2D eigenvalue weighted by Crippen LogP contribution is -2.14. The van der Waals surface area contributed by atoms with Gasteiger partial charge in [0.2, 0.25) is 0 Å². The standard InChI is InChI=1S/C79H52N6/c80-53-68-75(54-27-7-1-8-28-54)77(83-71-45-25-21-41-64(71)66-51-60(47-49-73(66)83)81(56-31-11-3-12-32-56)57-33-13-4-14-34-57)79(85-69-43-23-19-39-62(69)63-40-20-24-44-70(63)85)78(76(68)55-29-9-2-10-30-55)84-72-46-26-22-42-65(72)67-52-61(48-50-74(67)84)82(58-35-15-5-16-36-58)59-37-17-6-18-38-59/h1-52H. The van der Waals surface area contributed by atoms with Crippen molar-refractivity contribution in [2.75, 3.05) is 9.80 Å². The van der Waals surface area contributed by atoms with Crippen LogP contribution in [0, 0.1) is 11.3 Å². The Morgan fingerprint density at radius 1 is 0.235 bits per heavy atom. The molecule has 6 heteroatoms. The number of rotatable bonds is 11. The molecule has 0 saturated carbocycles. The zero-order valence-electron chi connectivity index (χ0n) is 46.2. The van der Waals surface area contributed by atoms with E-state index in [2.05, 4.69) is 345 Å². The van der Waals surface area contributed by atoms with E-state index in [1.807, 2.05) is 0 Å². The van der Waals surface area contributed by atoms with Crippen LogP contribution in [0.5, 0.6) is 0 Å². The lowest BCUT2D eigenvalue weighted by atomic mass is 9.87. The third-order valence-corrected chi connectivity index (χ3v) is 16.8. The summed E-state index contributed by atoms with van der Waals surface area (Å²) < 4.78 is 7.43. The van der Waals surface area contributed by atoms with Gasteiger partial charge in [-0.25, -0.2) is 0 Å². The Bertz CT molecular complexity index is 4840. The van der Waals surface area contributed by atoms with Gasteiger partial charge < -0.3 is 23.5 Å². The second kappa shape index (κ2) is 20.4. The summed E-state index contributed by atoms with van der Waals surface area (Å²) in [5.74, 6) is 0. The van der Waals surface area contributed by atoms with E-state index in [1.54, 1.807) is 0 Å².